The Kier molecular flexibility index (Phi) is 7.35. The van der Waals surface area contributed by atoms with Crippen LogP contribution in [0.15, 0.2) is 82.6 Å². The predicted octanol–water partition coefficient (Wildman–Crippen LogP) is 5.15. The molecule has 146 valence electrons. The normalized spacial score (nSPS) is 11.5. The van der Waals surface area contributed by atoms with Crippen LogP contribution in [0, 0.1) is 0 Å². The molecule has 0 amide bonds. The first-order valence-corrected chi connectivity index (χ1v) is 12.6. The third kappa shape index (κ3) is 5.70. The Balaban J connectivity index is 1.95. The first kappa shape index (κ1) is 21.1. The van der Waals surface area contributed by atoms with E-state index in [4.69, 9.17) is 5.14 Å². The molecule has 3 rings (SSSR count). The molecule has 0 aromatic heterocycles. The molecule has 0 aliphatic carbocycles. The highest BCUT2D eigenvalue weighted by atomic mass is 79.9. The van der Waals surface area contributed by atoms with Gasteiger partial charge in [-0.2, -0.15) is 0 Å². The summed E-state index contributed by atoms with van der Waals surface area (Å²) in [5.41, 5.74) is 4.01. The van der Waals surface area contributed by atoms with E-state index in [0.717, 1.165) is 33.8 Å². The number of thioether (sulfide) groups is 1. The van der Waals surface area contributed by atoms with Crippen LogP contribution in [0.25, 0.3) is 0 Å². The second-order valence-corrected chi connectivity index (χ2v) is 9.72. The fourth-order valence-electron chi connectivity index (χ4n) is 3.03. The van der Waals surface area contributed by atoms with Crippen molar-refractivity contribution in [3.63, 3.8) is 0 Å². The number of primary sulfonamides is 1. The van der Waals surface area contributed by atoms with Crippen molar-refractivity contribution in [2.45, 2.75) is 28.0 Å². The highest BCUT2D eigenvalue weighted by Gasteiger charge is 2.19. The monoisotopic (exact) mass is 475 g/mol. The summed E-state index contributed by atoms with van der Waals surface area (Å²) in [7, 11) is -3.82. The summed E-state index contributed by atoms with van der Waals surface area (Å²) in [5, 5.41) is 6.15. The van der Waals surface area contributed by atoms with Gasteiger partial charge in [0, 0.05) is 16.0 Å². The van der Waals surface area contributed by atoms with Crippen molar-refractivity contribution in [3.8, 4) is 0 Å². The van der Waals surface area contributed by atoms with Crippen LogP contribution in [0.3, 0.4) is 0 Å². The molecule has 0 aliphatic rings. The topological polar surface area (TPSA) is 60.2 Å². The van der Waals surface area contributed by atoms with Crippen LogP contribution >= 0.6 is 27.7 Å². The van der Waals surface area contributed by atoms with E-state index in [2.05, 4.69) is 34.1 Å². The molecule has 0 aliphatic heterocycles. The van der Waals surface area contributed by atoms with E-state index in [1.807, 2.05) is 48.5 Å². The van der Waals surface area contributed by atoms with Gasteiger partial charge >= 0.3 is 0 Å². The maximum absolute atomic E-state index is 12.3. The number of benzene rings is 3. The molecule has 0 saturated carbocycles. The summed E-state index contributed by atoms with van der Waals surface area (Å²) < 4.78 is 24.6. The summed E-state index contributed by atoms with van der Waals surface area (Å²) in [6.07, 6.45) is 1.45. The predicted molar refractivity (Wildman–Crippen MR) is 121 cm³/mol. The van der Waals surface area contributed by atoms with E-state index < -0.39 is 10.0 Å². The number of nitrogens with two attached hydrogens (primary N) is 1. The Bertz CT molecular complexity index is 1020. The second kappa shape index (κ2) is 9.74. The fourth-order valence-corrected chi connectivity index (χ4v) is 5.41. The molecule has 2 N–H and O–H groups in total. The quantitative estimate of drug-likeness (QED) is 0.361. The highest BCUT2D eigenvalue weighted by Crippen LogP contribution is 2.32. The van der Waals surface area contributed by atoms with E-state index in [1.54, 1.807) is 17.8 Å². The molecule has 0 radical (unpaired) electrons. The number of aryl methyl sites for hydroxylation is 1. The van der Waals surface area contributed by atoms with Crippen molar-refractivity contribution < 1.29 is 8.42 Å². The summed E-state index contributed by atoms with van der Waals surface area (Å²) in [5.74, 6) is 0.863. The standard InChI is InChI=1S/C22H22BrNO2S2/c23-16-19-14-21(27-12-11-17-7-3-1-4-8-17)20(22(15-19)28(24,25)26)13-18-9-5-2-6-10-18/h1-10,14-15H,11-13,16H2,(H2,24,25,26). The molecular formula is C22H22BrNO2S2. The van der Waals surface area contributed by atoms with Gasteiger partial charge in [-0.15, -0.1) is 11.8 Å². The van der Waals surface area contributed by atoms with Gasteiger partial charge in [0.1, 0.15) is 0 Å². The van der Waals surface area contributed by atoms with Gasteiger partial charge in [-0.3, -0.25) is 0 Å². The van der Waals surface area contributed by atoms with Crippen LogP contribution in [0.2, 0.25) is 0 Å². The maximum Gasteiger partial charge on any atom is 0.238 e. The lowest BCUT2D eigenvalue weighted by molar-refractivity contribution is 0.596. The zero-order valence-electron chi connectivity index (χ0n) is 15.3. The molecule has 0 atom stereocenters. The van der Waals surface area contributed by atoms with Gasteiger partial charge in [0.25, 0.3) is 0 Å². The molecule has 0 spiro atoms. The first-order chi connectivity index (χ1) is 13.5. The fraction of sp³-hybridized carbons (Fsp3) is 0.182. The third-order valence-electron chi connectivity index (χ3n) is 4.40. The van der Waals surface area contributed by atoms with Crippen molar-refractivity contribution in [1.82, 2.24) is 0 Å². The molecule has 0 bridgehead atoms. The summed E-state index contributed by atoms with van der Waals surface area (Å²) in [6.45, 7) is 0. The van der Waals surface area contributed by atoms with Crippen LogP contribution in [-0.4, -0.2) is 14.2 Å². The number of halogens is 1. The number of hydrogen-bond acceptors (Lipinski definition) is 3. The smallest absolute Gasteiger partial charge is 0.225 e. The molecular weight excluding hydrogens is 454 g/mol. The number of sulfonamides is 1. The minimum absolute atomic E-state index is 0.218. The molecule has 0 saturated heterocycles. The molecule has 3 aromatic rings. The van der Waals surface area contributed by atoms with E-state index in [9.17, 15) is 8.42 Å². The molecule has 3 aromatic carbocycles. The van der Waals surface area contributed by atoms with Crippen LogP contribution < -0.4 is 5.14 Å². The van der Waals surface area contributed by atoms with E-state index in [1.165, 1.54) is 5.56 Å². The van der Waals surface area contributed by atoms with Gasteiger partial charge in [-0.25, -0.2) is 13.6 Å². The van der Waals surface area contributed by atoms with Crippen molar-refractivity contribution in [3.05, 3.63) is 95.1 Å². The summed E-state index contributed by atoms with van der Waals surface area (Å²) in [4.78, 5) is 1.19. The lowest BCUT2D eigenvalue weighted by Crippen LogP contribution is -2.16. The summed E-state index contributed by atoms with van der Waals surface area (Å²) >= 11 is 5.12. The van der Waals surface area contributed by atoms with Gasteiger partial charge in [0.2, 0.25) is 10.0 Å². The molecule has 28 heavy (non-hydrogen) atoms. The van der Waals surface area contributed by atoms with Crippen LogP contribution in [0.5, 0.6) is 0 Å². The van der Waals surface area contributed by atoms with E-state index >= 15 is 0 Å². The Labute approximate surface area is 179 Å². The molecule has 0 fully saturated rings. The average molecular weight is 476 g/mol. The van der Waals surface area contributed by atoms with Crippen molar-refractivity contribution in [2.24, 2.45) is 5.14 Å². The number of alkyl halides is 1. The van der Waals surface area contributed by atoms with E-state index in [0.29, 0.717) is 11.8 Å². The Morgan fingerprint density at radius 3 is 2.04 bits per heavy atom. The van der Waals surface area contributed by atoms with Gasteiger partial charge < -0.3 is 0 Å². The SMILES string of the molecule is NS(=O)(=O)c1cc(CBr)cc(SCCc2ccccc2)c1Cc1ccccc1. The van der Waals surface area contributed by atoms with Gasteiger partial charge in [0.05, 0.1) is 4.90 Å². The molecule has 0 unspecified atom stereocenters. The summed E-state index contributed by atoms with van der Waals surface area (Å²) in [6, 6.07) is 23.9. The third-order valence-corrected chi connectivity index (χ3v) is 7.11. The second-order valence-electron chi connectivity index (χ2n) is 6.50. The van der Waals surface area contributed by atoms with Gasteiger partial charge in [0.15, 0.2) is 0 Å². The largest absolute Gasteiger partial charge is 0.238 e. The van der Waals surface area contributed by atoms with Crippen LogP contribution in [-0.2, 0) is 28.2 Å². The maximum atomic E-state index is 12.3. The Morgan fingerprint density at radius 1 is 0.857 bits per heavy atom. The van der Waals surface area contributed by atoms with Crippen LogP contribution in [0.1, 0.15) is 22.3 Å². The molecule has 0 heterocycles. The van der Waals surface area contributed by atoms with Crippen molar-refractivity contribution in [2.75, 3.05) is 5.75 Å². The van der Waals surface area contributed by atoms with Crippen LogP contribution in [0.4, 0.5) is 0 Å². The zero-order valence-corrected chi connectivity index (χ0v) is 18.6. The minimum Gasteiger partial charge on any atom is -0.225 e. The average Bonchev–Trinajstić information content (AvgIpc) is 2.69. The zero-order chi connectivity index (χ0) is 20.0. The molecule has 6 heteroatoms. The number of hydrogen-bond donors (Lipinski definition) is 1. The first-order valence-electron chi connectivity index (χ1n) is 8.92. The van der Waals surface area contributed by atoms with E-state index in [-0.39, 0.29) is 4.90 Å². The van der Waals surface area contributed by atoms with Crippen molar-refractivity contribution in [1.29, 1.82) is 0 Å². The Hall–Kier alpha value is -1.60. The minimum atomic E-state index is -3.82. The number of rotatable bonds is 8. The van der Waals surface area contributed by atoms with Crippen molar-refractivity contribution >= 4 is 37.7 Å². The van der Waals surface area contributed by atoms with Gasteiger partial charge in [-0.05, 0) is 47.2 Å². The van der Waals surface area contributed by atoms with Gasteiger partial charge in [-0.1, -0.05) is 76.6 Å². The molecule has 3 nitrogen and oxygen atoms in total. The lowest BCUT2D eigenvalue weighted by atomic mass is 10.0. The highest BCUT2D eigenvalue weighted by molar-refractivity contribution is 9.08. The lowest BCUT2D eigenvalue weighted by Gasteiger charge is -2.16. The Morgan fingerprint density at radius 2 is 1.46 bits per heavy atom.